The van der Waals surface area contributed by atoms with Crippen LogP contribution in [-0.2, 0) is 4.74 Å². The summed E-state index contributed by atoms with van der Waals surface area (Å²) in [5, 5.41) is 8.94. The zero-order chi connectivity index (χ0) is 8.97. The molecule has 0 saturated carbocycles. The standard InChI is InChI=1S/C9H19NO2/c1-8(7-12-2)10-4-3-9(5-10)6-11/h8-9,11H,3-7H2,1-2H3. The van der Waals surface area contributed by atoms with Gasteiger partial charge in [-0.25, -0.2) is 0 Å². The van der Waals surface area contributed by atoms with Crippen LogP contribution in [0.15, 0.2) is 0 Å². The van der Waals surface area contributed by atoms with E-state index in [4.69, 9.17) is 9.84 Å². The van der Waals surface area contributed by atoms with E-state index in [-0.39, 0.29) is 0 Å². The number of ether oxygens (including phenoxy) is 1. The third-order valence-corrected chi connectivity index (χ3v) is 2.61. The molecule has 0 aromatic heterocycles. The number of aliphatic hydroxyl groups excluding tert-OH is 1. The van der Waals surface area contributed by atoms with Gasteiger partial charge in [0.25, 0.3) is 0 Å². The van der Waals surface area contributed by atoms with E-state index in [2.05, 4.69) is 11.8 Å². The Balaban J connectivity index is 2.25. The maximum atomic E-state index is 8.94. The fourth-order valence-corrected chi connectivity index (χ4v) is 1.76. The van der Waals surface area contributed by atoms with Crippen molar-refractivity contribution in [3.05, 3.63) is 0 Å². The minimum atomic E-state index is 0.330. The molecule has 2 unspecified atom stereocenters. The summed E-state index contributed by atoms with van der Waals surface area (Å²) >= 11 is 0. The fraction of sp³-hybridized carbons (Fsp3) is 1.00. The third kappa shape index (κ3) is 2.44. The highest BCUT2D eigenvalue weighted by atomic mass is 16.5. The second-order valence-corrected chi connectivity index (χ2v) is 3.64. The summed E-state index contributed by atoms with van der Waals surface area (Å²) < 4.78 is 5.08. The van der Waals surface area contributed by atoms with E-state index >= 15 is 0 Å². The first kappa shape index (κ1) is 9.96. The van der Waals surface area contributed by atoms with Crippen molar-refractivity contribution in [2.24, 2.45) is 5.92 Å². The number of rotatable bonds is 4. The fourth-order valence-electron chi connectivity index (χ4n) is 1.76. The van der Waals surface area contributed by atoms with Gasteiger partial charge in [-0.1, -0.05) is 0 Å². The Labute approximate surface area is 74.3 Å². The average molecular weight is 173 g/mol. The van der Waals surface area contributed by atoms with Gasteiger partial charge in [0.05, 0.1) is 6.61 Å². The molecule has 1 rings (SSSR count). The van der Waals surface area contributed by atoms with Gasteiger partial charge in [-0.3, -0.25) is 4.90 Å². The van der Waals surface area contributed by atoms with Crippen molar-refractivity contribution < 1.29 is 9.84 Å². The number of nitrogens with zero attached hydrogens (tertiary/aromatic N) is 1. The molecule has 0 radical (unpaired) electrons. The average Bonchev–Trinajstić information content (AvgIpc) is 2.52. The van der Waals surface area contributed by atoms with Crippen molar-refractivity contribution in [1.29, 1.82) is 0 Å². The van der Waals surface area contributed by atoms with E-state index in [0.717, 1.165) is 26.1 Å². The van der Waals surface area contributed by atoms with E-state index < -0.39 is 0 Å². The zero-order valence-electron chi connectivity index (χ0n) is 7.99. The predicted octanol–water partition coefficient (Wildman–Crippen LogP) is 0.336. The molecule has 1 aliphatic rings. The molecule has 2 atom stereocenters. The van der Waals surface area contributed by atoms with Crippen LogP contribution < -0.4 is 0 Å². The highest BCUT2D eigenvalue weighted by Gasteiger charge is 2.24. The Hall–Kier alpha value is -0.120. The van der Waals surface area contributed by atoms with Gasteiger partial charge in [0, 0.05) is 26.3 Å². The topological polar surface area (TPSA) is 32.7 Å². The molecule has 12 heavy (non-hydrogen) atoms. The molecule has 0 aromatic carbocycles. The second-order valence-electron chi connectivity index (χ2n) is 3.64. The van der Waals surface area contributed by atoms with E-state index in [1.807, 2.05) is 0 Å². The summed E-state index contributed by atoms with van der Waals surface area (Å²) in [6.07, 6.45) is 1.13. The number of hydrogen-bond donors (Lipinski definition) is 1. The molecule has 0 bridgehead atoms. The van der Waals surface area contributed by atoms with Gasteiger partial charge in [0.15, 0.2) is 0 Å². The van der Waals surface area contributed by atoms with Crippen molar-refractivity contribution in [3.63, 3.8) is 0 Å². The molecule has 1 saturated heterocycles. The van der Waals surface area contributed by atoms with Crippen LogP contribution in [0.2, 0.25) is 0 Å². The highest BCUT2D eigenvalue weighted by molar-refractivity contribution is 4.78. The maximum Gasteiger partial charge on any atom is 0.0615 e. The van der Waals surface area contributed by atoms with Crippen LogP contribution in [0.1, 0.15) is 13.3 Å². The van der Waals surface area contributed by atoms with Crippen LogP contribution in [0.5, 0.6) is 0 Å². The maximum absolute atomic E-state index is 8.94. The summed E-state index contributed by atoms with van der Waals surface area (Å²) in [5.74, 6) is 0.490. The predicted molar refractivity (Wildman–Crippen MR) is 48.1 cm³/mol. The lowest BCUT2D eigenvalue weighted by molar-refractivity contribution is 0.109. The van der Waals surface area contributed by atoms with Crippen molar-refractivity contribution in [1.82, 2.24) is 4.90 Å². The molecular weight excluding hydrogens is 154 g/mol. The number of hydrogen-bond acceptors (Lipinski definition) is 3. The first-order valence-electron chi connectivity index (χ1n) is 4.61. The van der Waals surface area contributed by atoms with E-state index in [9.17, 15) is 0 Å². The molecule has 1 fully saturated rings. The summed E-state index contributed by atoms with van der Waals surface area (Å²) in [6, 6.07) is 0.492. The molecule has 1 aliphatic heterocycles. The molecule has 0 aliphatic carbocycles. The highest BCUT2D eigenvalue weighted by Crippen LogP contribution is 2.17. The van der Waals surface area contributed by atoms with Crippen molar-refractivity contribution in [3.8, 4) is 0 Å². The van der Waals surface area contributed by atoms with Gasteiger partial charge in [-0.05, 0) is 25.8 Å². The first-order chi connectivity index (χ1) is 5.77. The molecule has 72 valence electrons. The van der Waals surface area contributed by atoms with Crippen molar-refractivity contribution in [2.45, 2.75) is 19.4 Å². The smallest absolute Gasteiger partial charge is 0.0615 e. The molecule has 3 heteroatoms. The van der Waals surface area contributed by atoms with Gasteiger partial charge < -0.3 is 9.84 Å². The van der Waals surface area contributed by atoms with Crippen molar-refractivity contribution >= 4 is 0 Å². The SMILES string of the molecule is COCC(C)N1CCC(CO)C1. The van der Waals surface area contributed by atoms with Crippen molar-refractivity contribution in [2.75, 3.05) is 33.4 Å². The van der Waals surface area contributed by atoms with Crippen LogP contribution in [0.25, 0.3) is 0 Å². The summed E-state index contributed by atoms with van der Waals surface area (Å²) in [6.45, 7) is 5.42. The zero-order valence-corrected chi connectivity index (χ0v) is 7.99. The number of aliphatic hydroxyl groups is 1. The van der Waals surface area contributed by atoms with E-state index in [1.54, 1.807) is 7.11 Å². The number of likely N-dealkylation sites (tertiary alicyclic amines) is 1. The van der Waals surface area contributed by atoms with Crippen LogP contribution in [0.4, 0.5) is 0 Å². The first-order valence-corrected chi connectivity index (χ1v) is 4.61. The third-order valence-electron chi connectivity index (χ3n) is 2.61. The largest absolute Gasteiger partial charge is 0.396 e. The van der Waals surface area contributed by atoms with Gasteiger partial charge in [-0.15, -0.1) is 0 Å². The molecule has 0 spiro atoms. The minimum absolute atomic E-state index is 0.330. The van der Waals surface area contributed by atoms with Crippen LogP contribution >= 0.6 is 0 Å². The van der Waals surface area contributed by atoms with Crippen LogP contribution in [0, 0.1) is 5.92 Å². The van der Waals surface area contributed by atoms with Crippen LogP contribution in [-0.4, -0.2) is 49.5 Å². The quantitative estimate of drug-likeness (QED) is 0.665. The molecule has 0 amide bonds. The lowest BCUT2D eigenvalue weighted by Gasteiger charge is -2.23. The Morgan fingerprint density at radius 1 is 1.67 bits per heavy atom. The van der Waals surface area contributed by atoms with Gasteiger partial charge in [0.2, 0.25) is 0 Å². The molecule has 1 heterocycles. The van der Waals surface area contributed by atoms with E-state index in [1.165, 1.54) is 0 Å². The van der Waals surface area contributed by atoms with E-state index in [0.29, 0.717) is 18.6 Å². The Bertz CT molecular complexity index is 130. The Kier molecular flexibility index (Phi) is 3.98. The molecular formula is C9H19NO2. The normalized spacial score (nSPS) is 27.8. The molecule has 3 nitrogen and oxygen atoms in total. The van der Waals surface area contributed by atoms with Gasteiger partial charge >= 0.3 is 0 Å². The second kappa shape index (κ2) is 4.80. The monoisotopic (exact) mass is 173 g/mol. The molecule has 0 aromatic rings. The summed E-state index contributed by atoms with van der Waals surface area (Å²) in [7, 11) is 1.73. The minimum Gasteiger partial charge on any atom is -0.396 e. The lowest BCUT2D eigenvalue weighted by Crippen LogP contribution is -2.34. The number of methoxy groups -OCH3 is 1. The van der Waals surface area contributed by atoms with Gasteiger partial charge in [-0.2, -0.15) is 0 Å². The van der Waals surface area contributed by atoms with Crippen LogP contribution in [0.3, 0.4) is 0 Å². The molecule has 1 N–H and O–H groups in total. The Morgan fingerprint density at radius 2 is 2.42 bits per heavy atom. The lowest BCUT2D eigenvalue weighted by atomic mass is 10.1. The Morgan fingerprint density at radius 3 is 2.92 bits per heavy atom. The summed E-state index contributed by atoms with van der Waals surface area (Å²) in [5.41, 5.74) is 0. The summed E-state index contributed by atoms with van der Waals surface area (Å²) in [4.78, 5) is 2.38. The van der Waals surface area contributed by atoms with Gasteiger partial charge in [0.1, 0.15) is 0 Å².